The number of rotatable bonds is 4. The Kier molecular flexibility index (Phi) is 5.67. The van der Waals surface area contributed by atoms with Crippen LogP contribution in [0.3, 0.4) is 0 Å². The molecule has 3 nitrogen and oxygen atoms in total. The maximum Gasteiger partial charge on any atom is 0.254 e. The van der Waals surface area contributed by atoms with Crippen molar-refractivity contribution in [2.75, 3.05) is 14.2 Å². The lowest BCUT2D eigenvalue weighted by molar-refractivity contribution is 0.0742. The van der Waals surface area contributed by atoms with E-state index in [4.69, 9.17) is 27.9 Å². The van der Waals surface area contributed by atoms with Crippen molar-refractivity contribution in [3.63, 3.8) is 0 Å². The molecule has 0 heterocycles. The summed E-state index contributed by atoms with van der Waals surface area (Å²) in [6.45, 7) is 1.71. The Morgan fingerprint density at radius 1 is 1.12 bits per heavy atom. The second kappa shape index (κ2) is 7.36. The van der Waals surface area contributed by atoms with E-state index in [1.165, 1.54) is 30.2 Å². The van der Waals surface area contributed by atoms with Gasteiger partial charge in [-0.05, 0) is 36.8 Å². The van der Waals surface area contributed by atoms with Crippen LogP contribution in [0.1, 0.15) is 28.9 Å². The van der Waals surface area contributed by atoms with Gasteiger partial charge in [0.2, 0.25) is 0 Å². The highest BCUT2D eigenvalue weighted by Crippen LogP contribution is 2.34. The van der Waals surface area contributed by atoms with Gasteiger partial charge < -0.3 is 9.64 Å². The Morgan fingerprint density at radius 3 is 2.21 bits per heavy atom. The third kappa shape index (κ3) is 3.62. The Balaban J connectivity index is 2.30. The van der Waals surface area contributed by atoms with Crippen LogP contribution in [0, 0.1) is 11.6 Å². The summed E-state index contributed by atoms with van der Waals surface area (Å²) in [6.07, 6.45) is 0. The first-order valence-electron chi connectivity index (χ1n) is 7.01. The van der Waals surface area contributed by atoms with Crippen molar-refractivity contribution in [1.29, 1.82) is 0 Å². The third-order valence-electron chi connectivity index (χ3n) is 3.78. The standard InChI is InChI=1S/C17H15Cl2F2NO2/c1-9(10-4-5-14(20)15(21)8-10)22(2)17(23)11-6-12(18)16(24-3)13(19)7-11/h4-9H,1-3H3. The maximum atomic E-state index is 13.4. The Morgan fingerprint density at radius 2 is 1.71 bits per heavy atom. The van der Waals surface area contributed by atoms with E-state index in [9.17, 15) is 13.6 Å². The summed E-state index contributed by atoms with van der Waals surface area (Å²) >= 11 is 12.1. The van der Waals surface area contributed by atoms with Gasteiger partial charge >= 0.3 is 0 Å². The predicted octanol–water partition coefficient (Wildman–Crippen LogP) is 5.11. The number of hydrogen-bond acceptors (Lipinski definition) is 2. The number of methoxy groups -OCH3 is 1. The molecule has 0 saturated heterocycles. The van der Waals surface area contributed by atoms with Crippen molar-refractivity contribution < 1.29 is 18.3 Å². The van der Waals surface area contributed by atoms with Gasteiger partial charge in [0, 0.05) is 12.6 Å². The molecule has 0 aromatic heterocycles. The molecule has 1 unspecified atom stereocenters. The SMILES string of the molecule is COc1c(Cl)cc(C(=O)N(C)C(C)c2ccc(F)c(F)c2)cc1Cl. The minimum Gasteiger partial charge on any atom is -0.494 e. The summed E-state index contributed by atoms with van der Waals surface area (Å²) in [5.74, 6) is -1.98. The van der Waals surface area contributed by atoms with Gasteiger partial charge in [-0.15, -0.1) is 0 Å². The summed E-state index contributed by atoms with van der Waals surface area (Å²) in [4.78, 5) is 14.0. The quantitative estimate of drug-likeness (QED) is 0.744. The first-order valence-corrected chi connectivity index (χ1v) is 7.77. The number of halogens is 4. The van der Waals surface area contributed by atoms with E-state index in [1.807, 2.05) is 0 Å². The van der Waals surface area contributed by atoms with Gasteiger partial charge in [0.25, 0.3) is 5.91 Å². The number of ether oxygens (including phenoxy) is 1. The van der Waals surface area contributed by atoms with E-state index in [-0.39, 0.29) is 27.3 Å². The Labute approximate surface area is 148 Å². The molecule has 1 atom stereocenters. The molecule has 0 saturated carbocycles. The van der Waals surface area contributed by atoms with Gasteiger partial charge in [0.1, 0.15) is 0 Å². The van der Waals surface area contributed by atoms with Crippen molar-refractivity contribution in [2.45, 2.75) is 13.0 Å². The number of benzene rings is 2. The number of amides is 1. The molecule has 2 aromatic carbocycles. The molecule has 2 aromatic rings. The van der Waals surface area contributed by atoms with Gasteiger partial charge in [-0.25, -0.2) is 8.78 Å². The fourth-order valence-electron chi connectivity index (χ4n) is 2.25. The van der Waals surface area contributed by atoms with Crippen LogP contribution in [-0.2, 0) is 0 Å². The molecule has 128 valence electrons. The Bertz CT molecular complexity index is 760. The molecular weight excluding hydrogens is 359 g/mol. The van der Waals surface area contributed by atoms with Crippen LogP contribution < -0.4 is 4.74 Å². The molecule has 0 fully saturated rings. The molecule has 0 radical (unpaired) electrons. The van der Waals surface area contributed by atoms with Crippen LogP contribution in [0.2, 0.25) is 10.0 Å². The molecule has 24 heavy (non-hydrogen) atoms. The largest absolute Gasteiger partial charge is 0.494 e. The molecule has 0 aliphatic heterocycles. The van der Waals surface area contributed by atoms with Gasteiger partial charge in [0.05, 0.1) is 23.2 Å². The van der Waals surface area contributed by atoms with Crippen LogP contribution in [-0.4, -0.2) is 25.0 Å². The molecule has 0 spiro atoms. The topological polar surface area (TPSA) is 29.5 Å². The van der Waals surface area contributed by atoms with Crippen LogP contribution in [0.5, 0.6) is 5.75 Å². The zero-order valence-corrected chi connectivity index (χ0v) is 14.8. The highest BCUT2D eigenvalue weighted by molar-refractivity contribution is 6.37. The van der Waals surface area contributed by atoms with Crippen molar-refractivity contribution >= 4 is 29.1 Å². The van der Waals surface area contributed by atoms with E-state index < -0.39 is 17.7 Å². The molecule has 7 heteroatoms. The zero-order chi connectivity index (χ0) is 18.0. The van der Waals surface area contributed by atoms with Crippen molar-refractivity contribution in [3.05, 3.63) is 63.1 Å². The summed E-state index contributed by atoms with van der Waals surface area (Å²) in [6, 6.07) is 5.94. The van der Waals surface area contributed by atoms with Crippen molar-refractivity contribution in [3.8, 4) is 5.75 Å². The first kappa shape index (κ1) is 18.5. The molecule has 1 amide bonds. The number of nitrogens with zero attached hydrogens (tertiary/aromatic N) is 1. The lowest BCUT2D eigenvalue weighted by Gasteiger charge is -2.26. The average molecular weight is 374 g/mol. The summed E-state index contributed by atoms with van der Waals surface area (Å²) < 4.78 is 31.5. The fourth-order valence-corrected chi connectivity index (χ4v) is 2.90. The highest BCUT2D eigenvalue weighted by atomic mass is 35.5. The smallest absolute Gasteiger partial charge is 0.254 e. The number of carbonyl (C=O) groups excluding carboxylic acids is 1. The molecule has 0 aliphatic rings. The predicted molar refractivity (Wildman–Crippen MR) is 89.9 cm³/mol. The molecule has 0 bridgehead atoms. The van der Waals surface area contributed by atoms with Gasteiger partial charge in [-0.3, -0.25) is 4.79 Å². The normalized spacial score (nSPS) is 12.0. The summed E-state index contributed by atoms with van der Waals surface area (Å²) in [7, 11) is 2.98. The van der Waals surface area contributed by atoms with Crippen LogP contribution in [0.15, 0.2) is 30.3 Å². The monoisotopic (exact) mass is 373 g/mol. The van der Waals surface area contributed by atoms with E-state index in [1.54, 1.807) is 14.0 Å². The Hall–Kier alpha value is -1.85. The van der Waals surface area contributed by atoms with Crippen LogP contribution >= 0.6 is 23.2 Å². The van der Waals surface area contributed by atoms with E-state index in [0.29, 0.717) is 5.56 Å². The maximum absolute atomic E-state index is 13.4. The molecule has 0 aliphatic carbocycles. The van der Waals surface area contributed by atoms with Crippen LogP contribution in [0.4, 0.5) is 8.78 Å². The van der Waals surface area contributed by atoms with Crippen LogP contribution in [0.25, 0.3) is 0 Å². The van der Waals surface area contributed by atoms with Crippen molar-refractivity contribution in [2.24, 2.45) is 0 Å². The third-order valence-corrected chi connectivity index (χ3v) is 4.34. The fraction of sp³-hybridized carbons (Fsp3) is 0.235. The van der Waals surface area contributed by atoms with Gasteiger partial charge in [-0.2, -0.15) is 0 Å². The number of carbonyl (C=O) groups is 1. The van der Waals surface area contributed by atoms with Crippen molar-refractivity contribution in [1.82, 2.24) is 4.90 Å². The molecular formula is C17H15Cl2F2NO2. The molecule has 0 N–H and O–H groups in total. The van der Waals surface area contributed by atoms with Gasteiger partial charge in [0.15, 0.2) is 17.4 Å². The minimum atomic E-state index is -0.962. The minimum absolute atomic E-state index is 0.210. The van der Waals surface area contributed by atoms with E-state index in [0.717, 1.165) is 12.1 Å². The molecule has 2 rings (SSSR count). The number of hydrogen-bond donors (Lipinski definition) is 0. The summed E-state index contributed by atoms with van der Waals surface area (Å²) in [5, 5.41) is 0.421. The first-order chi connectivity index (χ1) is 11.3. The van der Waals surface area contributed by atoms with Gasteiger partial charge in [-0.1, -0.05) is 29.3 Å². The zero-order valence-electron chi connectivity index (χ0n) is 13.2. The highest BCUT2D eigenvalue weighted by Gasteiger charge is 2.22. The average Bonchev–Trinajstić information content (AvgIpc) is 2.55. The lowest BCUT2D eigenvalue weighted by Crippen LogP contribution is -2.29. The lowest BCUT2D eigenvalue weighted by atomic mass is 10.1. The van der Waals surface area contributed by atoms with E-state index in [2.05, 4.69) is 0 Å². The second-order valence-electron chi connectivity index (χ2n) is 5.24. The second-order valence-corrected chi connectivity index (χ2v) is 6.05. The van der Waals surface area contributed by atoms with E-state index >= 15 is 0 Å². The summed E-state index contributed by atoms with van der Waals surface area (Å²) in [5.41, 5.74) is 0.734.